The van der Waals surface area contributed by atoms with E-state index in [0.29, 0.717) is 6.04 Å². The summed E-state index contributed by atoms with van der Waals surface area (Å²) >= 11 is 0. The molecule has 20 heavy (non-hydrogen) atoms. The third-order valence-electron chi connectivity index (χ3n) is 4.64. The highest BCUT2D eigenvalue weighted by Crippen LogP contribution is 2.29. The summed E-state index contributed by atoms with van der Waals surface area (Å²) in [6.45, 7) is 10.0. The van der Waals surface area contributed by atoms with Gasteiger partial charge in [-0.2, -0.15) is 0 Å². The summed E-state index contributed by atoms with van der Waals surface area (Å²) in [7, 11) is 0. The summed E-state index contributed by atoms with van der Waals surface area (Å²) in [5.41, 5.74) is 1.33. The normalized spacial score (nSPS) is 26.8. The lowest BCUT2D eigenvalue weighted by Crippen LogP contribution is -2.55. The van der Waals surface area contributed by atoms with E-state index in [1.807, 2.05) is 12.3 Å². The molecule has 1 N–H and O–H groups in total. The molecule has 0 amide bonds. The molecule has 0 saturated carbocycles. The smallest absolute Gasteiger partial charge is 0.133 e. The lowest BCUT2D eigenvalue weighted by atomic mass is 10.1. The number of rotatable bonds is 4. The molecule has 3 heterocycles. The van der Waals surface area contributed by atoms with Crippen molar-refractivity contribution in [2.45, 2.75) is 45.3 Å². The van der Waals surface area contributed by atoms with E-state index in [9.17, 15) is 0 Å². The van der Waals surface area contributed by atoms with Crippen LogP contribution >= 0.6 is 0 Å². The fourth-order valence-corrected chi connectivity index (χ4v) is 3.57. The van der Waals surface area contributed by atoms with Crippen LogP contribution in [0.3, 0.4) is 0 Å². The number of hydrogen-bond acceptors (Lipinski definition) is 4. The molecule has 0 spiro atoms. The minimum absolute atomic E-state index is 0.555. The molecular weight excluding hydrogens is 248 g/mol. The van der Waals surface area contributed by atoms with Gasteiger partial charge in [0.15, 0.2) is 0 Å². The molecule has 2 saturated heterocycles. The van der Waals surface area contributed by atoms with Gasteiger partial charge in [-0.1, -0.05) is 13.0 Å². The molecule has 2 unspecified atom stereocenters. The maximum Gasteiger partial charge on any atom is 0.133 e. The molecule has 0 aromatic carbocycles. The van der Waals surface area contributed by atoms with Crippen LogP contribution in [0.2, 0.25) is 0 Å². The van der Waals surface area contributed by atoms with Gasteiger partial charge in [-0.25, -0.2) is 4.98 Å². The highest BCUT2D eigenvalue weighted by molar-refractivity contribution is 5.48. The quantitative estimate of drug-likeness (QED) is 0.908. The van der Waals surface area contributed by atoms with Gasteiger partial charge in [-0.05, 0) is 38.9 Å². The van der Waals surface area contributed by atoms with Crippen molar-refractivity contribution in [2.75, 3.05) is 31.1 Å². The molecule has 2 aliphatic rings. The molecule has 1 aromatic heterocycles. The maximum atomic E-state index is 4.69. The van der Waals surface area contributed by atoms with Crippen LogP contribution < -0.4 is 10.2 Å². The molecule has 2 aliphatic heterocycles. The molecule has 0 aliphatic carbocycles. The van der Waals surface area contributed by atoms with Gasteiger partial charge in [-0.15, -0.1) is 0 Å². The Balaban J connectivity index is 1.80. The summed E-state index contributed by atoms with van der Waals surface area (Å²) in [4.78, 5) is 9.88. The standard InChI is InChI=1S/C16H26N4/c1-3-17-10-14-6-4-8-18-16(14)20-12-15-7-5-9-19(15)11-13(20)2/h4,6,8,13,15,17H,3,5,7,9-12H2,1-2H3. The monoisotopic (exact) mass is 274 g/mol. The van der Waals surface area contributed by atoms with Crippen LogP contribution in [0.4, 0.5) is 5.82 Å². The molecule has 4 heteroatoms. The SMILES string of the molecule is CCNCc1cccnc1N1CC2CCCN2CC1C. The Morgan fingerprint density at radius 1 is 1.40 bits per heavy atom. The number of aromatic nitrogens is 1. The number of piperazine rings is 1. The van der Waals surface area contributed by atoms with Crippen LogP contribution in [0.5, 0.6) is 0 Å². The first kappa shape index (κ1) is 13.8. The van der Waals surface area contributed by atoms with Gasteiger partial charge < -0.3 is 10.2 Å². The Bertz CT molecular complexity index is 448. The summed E-state index contributed by atoms with van der Waals surface area (Å²) < 4.78 is 0. The van der Waals surface area contributed by atoms with Crippen molar-refractivity contribution in [1.82, 2.24) is 15.2 Å². The zero-order valence-electron chi connectivity index (χ0n) is 12.7. The van der Waals surface area contributed by atoms with Crippen molar-refractivity contribution < 1.29 is 0 Å². The van der Waals surface area contributed by atoms with Gasteiger partial charge >= 0.3 is 0 Å². The van der Waals surface area contributed by atoms with Crippen molar-refractivity contribution in [3.63, 3.8) is 0 Å². The third kappa shape index (κ3) is 2.67. The summed E-state index contributed by atoms with van der Waals surface area (Å²) in [5, 5.41) is 3.43. The van der Waals surface area contributed by atoms with Gasteiger partial charge in [0.05, 0.1) is 0 Å². The number of pyridine rings is 1. The van der Waals surface area contributed by atoms with Crippen molar-refractivity contribution in [3.05, 3.63) is 23.9 Å². The lowest BCUT2D eigenvalue weighted by molar-refractivity contribution is 0.202. The molecule has 0 radical (unpaired) electrons. The average molecular weight is 274 g/mol. The fourth-order valence-electron chi connectivity index (χ4n) is 3.57. The fraction of sp³-hybridized carbons (Fsp3) is 0.688. The Hall–Kier alpha value is -1.13. The average Bonchev–Trinajstić information content (AvgIpc) is 2.91. The second-order valence-corrected chi connectivity index (χ2v) is 6.06. The Morgan fingerprint density at radius 2 is 2.30 bits per heavy atom. The molecular formula is C16H26N4. The van der Waals surface area contributed by atoms with Crippen molar-refractivity contribution in [3.8, 4) is 0 Å². The van der Waals surface area contributed by atoms with Crippen LogP contribution in [-0.4, -0.2) is 48.1 Å². The van der Waals surface area contributed by atoms with Crippen LogP contribution in [0.1, 0.15) is 32.3 Å². The lowest BCUT2D eigenvalue weighted by Gasteiger charge is -2.43. The maximum absolute atomic E-state index is 4.69. The van der Waals surface area contributed by atoms with Crippen LogP contribution in [-0.2, 0) is 6.54 Å². The molecule has 4 nitrogen and oxygen atoms in total. The second kappa shape index (κ2) is 6.10. The van der Waals surface area contributed by atoms with E-state index in [2.05, 4.69) is 40.0 Å². The van der Waals surface area contributed by atoms with Gasteiger partial charge in [0.2, 0.25) is 0 Å². The molecule has 0 bridgehead atoms. The minimum atomic E-state index is 0.555. The van der Waals surface area contributed by atoms with E-state index >= 15 is 0 Å². The van der Waals surface area contributed by atoms with E-state index in [1.165, 1.54) is 37.3 Å². The van der Waals surface area contributed by atoms with Gasteiger partial charge in [-0.3, -0.25) is 4.90 Å². The topological polar surface area (TPSA) is 31.4 Å². The molecule has 1 aromatic rings. The summed E-state index contributed by atoms with van der Waals surface area (Å²) in [6, 6.07) is 5.55. The van der Waals surface area contributed by atoms with Crippen LogP contribution in [0.15, 0.2) is 18.3 Å². The van der Waals surface area contributed by atoms with Gasteiger partial charge in [0.1, 0.15) is 5.82 Å². The first-order valence-electron chi connectivity index (χ1n) is 7.95. The summed E-state index contributed by atoms with van der Waals surface area (Å²) in [6.07, 6.45) is 4.63. The van der Waals surface area contributed by atoms with Crippen LogP contribution in [0, 0.1) is 0 Å². The zero-order chi connectivity index (χ0) is 13.9. The Morgan fingerprint density at radius 3 is 3.15 bits per heavy atom. The molecule has 110 valence electrons. The molecule has 2 fully saturated rings. The number of nitrogens with zero attached hydrogens (tertiary/aromatic N) is 3. The van der Waals surface area contributed by atoms with E-state index < -0.39 is 0 Å². The van der Waals surface area contributed by atoms with Crippen LogP contribution in [0.25, 0.3) is 0 Å². The number of hydrogen-bond donors (Lipinski definition) is 1. The van der Waals surface area contributed by atoms with E-state index in [1.54, 1.807) is 0 Å². The third-order valence-corrected chi connectivity index (χ3v) is 4.64. The Labute approximate surface area is 122 Å². The van der Waals surface area contributed by atoms with Gasteiger partial charge in [0.25, 0.3) is 0 Å². The number of anilines is 1. The zero-order valence-corrected chi connectivity index (χ0v) is 12.7. The van der Waals surface area contributed by atoms with Crippen molar-refractivity contribution in [1.29, 1.82) is 0 Å². The Kier molecular flexibility index (Phi) is 4.22. The molecule has 3 rings (SSSR count). The van der Waals surface area contributed by atoms with Gasteiger partial charge in [0, 0.05) is 43.5 Å². The highest BCUT2D eigenvalue weighted by Gasteiger charge is 2.35. The largest absolute Gasteiger partial charge is 0.351 e. The first-order chi connectivity index (χ1) is 9.79. The second-order valence-electron chi connectivity index (χ2n) is 6.06. The predicted molar refractivity (Wildman–Crippen MR) is 83.0 cm³/mol. The van der Waals surface area contributed by atoms with Crippen molar-refractivity contribution >= 4 is 5.82 Å². The predicted octanol–water partition coefficient (Wildman–Crippen LogP) is 1.86. The highest BCUT2D eigenvalue weighted by atomic mass is 15.3. The van der Waals surface area contributed by atoms with E-state index in [4.69, 9.17) is 0 Å². The van der Waals surface area contributed by atoms with E-state index in [0.717, 1.165) is 25.7 Å². The minimum Gasteiger partial charge on any atom is -0.351 e. The number of fused-ring (bicyclic) bond motifs is 1. The van der Waals surface area contributed by atoms with E-state index in [-0.39, 0.29) is 0 Å². The first-order valence-corrected chi connectivity index (χ1v) is 7.95. The number of nitrogens with one attached hydrogen (secondary N) is 1. The van der Waals surface area contributed by atoms with Crippen molar-refractivity contribution in [2.24, 2.45) is 0 Å². The summed E-state index contributed by atoms with van der Waals surface area (Å²) in [5.74, 6) is 1.19. The molecule has 2 atom stereocenters.